The van der Waals surface area contributed by atoms with Gasteiger partial charge < -0.3 is 4.74 Å². The molecule has 1 aromatic heterocycles. The molecule has 0 bridgehead atoms. The van der Waals surface area contributed by atoms with Crippen molar-refractivity contribution < 1.29 is 4.74 Å². The minimum atomic E-state index is 0.760. The van der Waals surface area contributed by atoms with Crippen LogP contribution in [0.4, 0.5) is 0 Å². The Balaban J connectivity index is 1.75. The number of aromatic nitrogens is 2. The number of para-hydroxylation sites is 1. The van der Waals surface area contributed by atoms with Crippen LogP contribution in [0.3, 0.4) is 0 Å². The predicted octanol–water partition coefficient (Wildman–Crippen LogP) is 6.96. The van der Waals surface area contributed by atoms with Crippen molar-refractivity contribution in [1.29, 1.82) is 0 Å². The molecule has 0 fully saturated rings. The molecule has 3 aromatic carbocycles. The smallest absolute Gasteiger partial charge is 0.145 e. The second kappa shape index (κ2) is 8.95. The third-order valence-corrected chi connectivity index (χ3v) is 5.18. The number of fused-ring (bicyclic) bond motifs is 1. The van der Waals surface area contributed by atoms with Gasteiger partial charge in [-0.25, -0.2) is 4.98 Å². The van der Waals surface area contributed by atoms with E-state index in [4.69, 9.17) is 9.72 Å². The lowest BCUT2D eigenvalue weighted by molar-refractivity contribution is 0.305. The van der Waals surface area contributed by atoms with Gasteiger partial charge in [-0.15, -0.1) is 0 Å². The van der Waals surface area contributed by atoms with E-state index < -0.39 is 0 Å². The zero-order valence-electron chi connectivity index (χ0n) is 17.3. The summed E-state index contributed by atoms with van der Waals surface area (Å²) < 4.78 is 8.27. The normalized spacial score (nSPS) is 11.1. The first kappa shape index (κ1) is 19.3. The van der Waals surface area contributed by atoms with Gasteiger partial charge in [-0.1, -0.05) is 68.1 Å². The monoisotopic (exact) mass is 384 g/mol. The average molecular weight is 385 g/mol. The Bertz CT molecular complexity index is 1080. The van der Waals surface area contributed by atoms with Crippen molar-refractivity contribution >= 4 is 11.0 Å². The summed E-state index contributed by atoms with van der Waals surface area (Å²) in [4.78, 5) is 4.97. The van der Waals surface area contributed by atoms with E-state index in [1.165, 1.54) is 24.8 Å². The second-order valence-corrected chi connectivity index (χ2v) is 7.54. The number of ether oxygens (including phenoxy) is 1. The predicted molar refractivity (Wildman–Crippen MR) is 121 cm³/mol. The number of benzene rings is 3. The highest BCUT2D eigenvalue weighted by Gasteiger charge is 2.15. The highest BCUT2D eigenvalue weighted by atomic mass is 16.5. The second-order valence-electron chi connectivity index (χ2n) is 7.54. The van der Waals surface area contributed by atoms with E-state index in [0.717, 1.165) is 46.9 Å². The molecule has 4 rings (SSSR count). The average Bonchev–Trinajstić information content (AvgIpc) is 3.13. The molecule has 0 saturated heterocycles. The molecule has 0 N–H and O–H groups in total. The Hall–Kier alpha value is -3.07. The topological polar surface area (TPSA) is 27.1 Å². The van der Waals surface area contributed by atoms with Crippen molar-refractivity contribution in [3.8, 4) is 22.8 Å². The number of hydrogen-bond donors (Lipinski definition) is 0. The van der Waals surface area contributed by atoms with Crippen molar-refractivity contribution in [3.63, 3.8) is 0 Å². The summed E-state index contributed by atoms with van der Waals surface area (Å²) in [7, 11) is 0. The molecule has 0 aliphatic heterocycles. The van der Waals surface area contributed by atoms with Crippen LogP contribution in [0, 0.1) is 6.92 Å². The Morgan fingerprint density at radius 1 is 0.862 bits per heavy atom. The van der Waals surface area contributed by atoms with Crippen LogP contribution < -0.4 is 4.74 Å². The lowest BCUT2D eigenvalue weighted by Gasteiger charge is -2.11. The first-order chi connectivity index (χ1) is 14.3. The van der Waals surface area contributed by atoms with Crippen molar-refractivity contribution in [2.75, 3.05) is 6.61 Å². The van der Waals surface area contributed by atoms with Gasteiger partial charge in [0.25, 0.3) is 0 Å². The molecule has 0 radical (unpaired) electrons. The van der Waals surface area contributed by atoms with E-state index in [-0.39, 0.29) is 0 Å². The standard InChI is InChI=1S/C26H28N2O/c1-3-4-5-9-17-29-23-15-16-24-25(19-23)28(22-13-7-6-8-14-22)26(27-24)21-12-10-11-20(2)18-21/h6-8,10-16,18-19H,3-5,9,17H2,1-2H3. The maximum Gasteiger partial charge on any atom is 0.145 e. The molecule has 0 spiro atoms. The van der Waals surface area contributed by atoms with Gasteiger partial charge in [-0.05, 0) is 43.7 Å². The van der Waals surface area contributed by atoms with E-state index in [9.17, 15) is 0 Å². The molecule has 0 amide bonds. The molecule has 29 heavy (non-hydrogen) atoms. The van der Waals surface area contributed by atoms with Crippen LogP contribution in [-0.4, -0.2) is 16.2 Å². The summed E-state index contributed by atoms with van der Waals surface area (Å²) in [6.45, 7) is 5.10. The van der Waals surface area contributed by atoms with Gasteiger partial charge >= 0.3 is 0 Å². The molecule has 3 nitrogen and oxygen atoms in total. The Labute approximate surface area is 173 Å². The Morgan fingerprint density at radius 2 is 1.72 bits per heavy atom. The largest absolute Gasteiger partial charge is 0.494 e. The number of rotatable bonds is 8. The van der Waals surface area contributed by atoms with Gasteiger partial charge in [-0.3, -0.25) is 4.57 Å². The van der Waals surface area contributed by atoms with Gasteiger partial charge in [0, 0.05) is 17.3 Å². The molecule has 3 heteroatoms. The molecule has 0 unspecified atom stereocenters. The summed E-state index contributed by atoms with van der Waals surface area (Å²) in [5.74, 6) is 1.86. The fraction of sp³-hybridized carbons (Fsp3) is 0.269. The lowest BCUT2D eigenvalue weighted by atomic mass is 10.1. The first-order valence-corrected chi connectivity index (χ1v) is 10.5. The van der Waals surface area contributed by atoms with E-state index in [2.05, 4.69) is 79.1 Å². The van der Waals surface area contributed by atoms with Gasteiger partial charge in [0.1, 0.15) is 11.6 Å². The highest BCUT2D eigenvalue weighted by molar-refractivity contribution is 5.84. The maximum atomic E-state index is 6.04. The number of nitrogens with zero attached hydrogens (tertiary/aromatic N) is 2. The molecule has 0 saturated carbocycles. The third kappa shape index (κ3) is 4.34. The Kier molecular flexibility index (Phi) is 5.95. The van der Waals surface area contributed by atoms with Gasteiger partial charge in [0.15, 0.2) is 0 Å². The van der Waals surface area contributed by atoms with Gasteiger partial charge in [-0.2, -0.15) is 0 Å². The third-order valence-electron chi connectivity index (χ3n) is 5.18. The molecule has 4 aromatic rings. The zero-order chi connectivity index (χ0) is 20.1. The van der Waals surface area contributed by atoms with Crippen LogP contribution >= 0.6 is 0 Å². The van der Waals surface area contributed by atoms with Crippen molar-refractivity contribution in [1.82, 2.24) is 9.55 Å². The number of unbranched alkanes of at least 4 members (excludes halogenated alkanes) is 3. The number of aryl methyl sites for hydroxylation is 1. The first-order valence-electron chi connectivity index (χ1n) is 10.5. The highest BCUT2D eigenvalue weighted by Crippen LogP contribution is 2.31. The van der Waals surface area contributed by atoms with E-state index >= 15 is 0 Å². The minimum absolute atomic E-state index is 0.760. The molecule has 0 atom stereocenters. The summed E-state index contributed by atoms with van der Waals surface area (Å²) in [6.07, 6.45) is 4.82. The van der Waals surface area contributed by atoms with Gasteiger partial charge in [0.2, 0.25) is 0 Å². The van der Waals surface area contributed by atoms with Crippen LogP contribution in [0.5, 0.6) is 5.75 Å². The maximum absolute atomic E-state index is 6.04. The molecular weight excluding hydrogens is 356 g/mol. The van der Waals surface area contributed by atoms with Crippen molar-refractivity contribution in [2.24, 2.45) is 0 Å². The van der Waals surface area contributed by atoms with Crippen molar-refractivity contribution in [3.05, 3.63) is 78.4 Å². The molecule has 0 aliphatic rings. The summed E-state index contributed by atoms with van der Waals surface area (Å²) in [6, 6.07) is 25.1. The molecule has 1 heterocycles. The fourth-order valence-corrected chi connectivity index (χ4v) is 3.68. The van der Waals surface area contributed by atoms with Crippen LogP contribution in [0.15, 0.2) is 72.8 Å². The quantitative estimate of drug-likeness (QED) is 0.307. The van der Waals surface area contributed by atoms with Crippen LogP contribution in [0.1, 0.15) is 38.2 Å². The van der Waals surface area contributed by atoms with Crippen LogP contribution in [-0.2, 0) is 0 Å². The SMILES string of the molecule is CCCCCCOc1ccc2nc(-c3cccc(C)c3)n(-c3ccccc3)c2c1. The van der Waals surface area contributed by atoms with Crippen LogP contribution in [0.25, 0.3) is 28.1 Å². The van der Waals surface area contributed by atoms with Crippen LogP contribution in [0.2, 0.25) is 0 Å². The summed E-state index contributed by atoms with van der Waals surface area (Å²) >= 11 is 0. The number of hydrogen-bond acceptors (Lipinski definition) is 2. The molecular formula is C26H28N2O. The summed E-state index contributed by atoms with van der Waals surface area (Å²) in [5, 5.41) is 0. The number of imidazole rings is 1. The lowest BCUT2D eigenvalue weighted by Crippen LogP contribution is -1.99. The zero-order valence-corrected chi connectivity index (χ0v) is 17.3. The fourth-order valence-electron chi connectivity index (χ4n) is 3.68. The van der Waals surface area contributed by atoms with Gasteiger partial charge in [0.05, 0.1) is 17.6 Å². The molecule has 148 valence electrons. The Morgan fingerprint density at radius 3 is 2.52 bits per heavy atom. The van der Waals surface area contributed by atoms with E-state index in [0.29, 0.717) is 0 Å². The summed E-state index contributed by atoms with van der Waals surface area (Å²) in [5.41, 5.74) is 5.49. The molecule has 0 aliphatic carbocycles. The van der Waals surface area contributed by atoms with Crippen molar-refractivity contribution in [2.45, 2.75) is 39.5 Å². The minimum Gasteiger partial charge on any atom is -0.494 e. The van der Waals surface area contributed by atoms with E-state index in [1.807, 2.05) is 12.1 Å². The van der Waals surface area contributed by atoms with E-state index in [1.54, 1.807) is 0 Å².